The lowest BCUT2D eigenvalue weighted by Gasteiger charge is -2.21. The molecule has 0 saturated heterocycles. The van der Waals surface area contributed by atoms with Crippen molar-refractivity contribution in [2.45, 2.75) is 64.7 Å². The SMILES string of the molecule is CCCCCCCOc1ccc(C(=O)Oc2ccc(OCC3CC[CH]CC3)cc2)cc1. The van der Waals surface area contributed by atoms with Crippen molar-refractivity contribution in [1.29, 1.82) is 0 Å². The van der Waals surface area contributed by atoms with E-state index in [0.717, 1.165) is 24.5 Å². The zero-order valence-corrected chi connectivity index (χ0v) is 18.7. The third kappa shape index (κ3) is 8.28. The van der Waals surface area contributed by atoms with Crippen LogP contribution in [0.15, 0.2) is 48.5 Å². The third-order valence-corrected chi connectivity index (χ3v) is 5.68. The average molecular weight is 424 g/mol. The van der Waals surface area contributed by atoms with Gasteiger partial charge in [-0.2, -0.15) is 0 Å². The normalized spacial score (nSPS) is 14.2. The van der Waals surface area contributed by atoms with Crippen molar-refractivity contribution in [3.8, 4) is 17.2 Å². The molecule has 3 rings (SSSR count). The van der Waals surface area contributed by atoms with Gasteiger partial charge in [-0.25, -0.2) is 4.79 Å². The van der Waals surface area contributed by atoms with E-state index in [1.54, 1.807) is 24.3 Å². The Balaban J connectivity index is 1.39. The fourth-order valence-electron chi connectivity index (χ4n) is 3.73. The third-order valence-electron chi connectivity index (χ3n) is 5.68. The molecule has 0 heterocycles. The second-order valence-electron chi connectivity index (χ2n) is 8.27. The van der Waals surface area contributed by atoms with Crippen molar-refractivity contribution in [2.24, 2.45) is 5.92 Å². The molecule has 167 valence electrons. The van der Waals surface area contributed by atoms with Crippen LogP contribution in [0.25, 0.3) is 0 Å². The van der Waals surface area contributed by atoms with Crippen LogP contribution in [0.2, 0.25) is 0 Å². The molecule has 0 aromatic heterocycles. The monoisotopic (exact) mass is 423 g/mol. The number of ether oxygens (including phenoxy) is 3. The van der Waals surface area contributed by atoms with E-state index >= 15 is 0 Å². The highest BCUT2D eigenvalue weighted by Crippen LogP contribution is 2.25. The average Bonchev–Trinajstić information content (AvgIpc) is 2.82. The van der Waals surface area contributed by atoms with Crippen LogP contribution in [0, 0.1) is 12.3 Å². The second kappa shape index (κ2) is 13.0. The topological polar surface area (TPSA) is 44.8 Å². The van der Waals surface area contributed by atoms with Crippen LogP contribution in [-0.2, 0) is 0 Å². The number of rotatable bonds is 12. The van der Waals surface area contributed by atoms with Gasteiger partial charge in [-0.1, -0.05) is 32.6 Å². The lowest BCUT2D eigenvalue weighted by molar-refractivity contribution is 0.0734. The Kier molecular flexibility index (Phi) is 9.75. The number of benzene rings is 2. The van der Waals surface area contributed by atoms with E-state index in [1.807, 2.05) is 24.3 Å². The van der Waals surface area contributed by atoms with E-state index in [1.165, 1.54) is 51.4 Å². The van der Waals surface area contributed by atoms with Crippen LogP contribution < -0.4 is 14.2 Å². The number of hydrogen-bond acceptors (Lipinski definition) is 4. The minimum Gasteiger partial charge on any atom is -0.494 e. The molecule has 4 nitrogen and oxygen atoms in total. The first-order valence-electron chi connectivity index (χ1n) is 11.7. The van der Waals surface area contributed by atoms with Gasteiger partial charge in [0.15, 0.2) is 0 Å². The summed E-state index contributed by atoms with van der Waals surface area (Å²) in [5.74, 6) is 2.36. The van der Waals surface area contributed by atoms with Gasteiger partial charge < -0.3 is 14.2 Å². The van der Waals surface area contributed by atoms with Crippen LogP contribution >= 0.6 is 0 Å². The highest BCUT2D eigenvalue weighted by atomic mass is 16.5. The van der Waals surface area contributed by atoms with Crippen molar-refractivity contribution < 1.29 is 19.0 Å². The Hall–Kier alpha value is -2.49. The van der Waals surface area contributed by atoms with Gasteiger partial charge in [0.05, 0.1) is 18.8 Å². The Bertz CT molecular complexity index is 761. The van der Waals surface area contributed by atoms with Gasteiger partial charge in [-0.3, -0.25) is 0 Å². The summed E-state index contributed by atoms with van der Waals surface area (Å²) in [6.45, 7) is 3.67. The first kappa shape index (κ1) is 23.2. The molecule has 0 spiro atoms. The molecule has 2 aromatic rings. The minimum absolute atomic E-state index is 0.377. The van der Waals surface area contributed by atoms with Crippen molar-refractivity contribution in [2.75, 3.05) is 13.2 Å². The molecule has 1 aliphatic carbocycles. The second-order valence-corrected chi connectivity index (χ2v) is 8.27. The highest BCUT2D eigenvalue weighted by Gasteiger charge is 2.14. The van der Waals surface area contributed by atoms with Gasteiger partial charge in [0, 0.05) is 0 Å². The molecule has 0 N–H and O–H groups in total. The summed E-state index contributed by atoms with van der Waals surface area (Å²) in [7, 11) is 0. The summed E-state index contributed by atoms with van der Waals surface area (Å²) in [5.41, 5.74) is 0.504. The van der Waals surface area contributed by atoms with E-state index < -0.39 is 0 Å². The molecule has 1 aliphatic rings. The van der Waals surface area contributed by atoms with E-state index in [4.69, 9.17) is 14.2 Å². The summed E-state index contributed by atoms with van der Waals surface area (Å²) in [4.78, 5) is 12.4. The predicted molar refractivity (Wildman–Crippen MR) is 124 cm³/mol. The van der Waals surface area contributed by atoms with E-state index in [0.29, 0.717) is 23.8 Å². The van der Waals surface area contributed by atoms with Gasteiger partial charge in [0.1, 0.15) is 17.2 Å². The molecule has 0 bridgehead atoms. The Labute approximate surface area is 186 Å². The Morgan fingerprint density at radius 2 is 1.42 bits per heavy atom. The van der Waals surface area contributed by atoms with Crippen molar-refractivity contribution in [3.05, 3.63) is 60.5 Å². The maximum atomic E-state index is 12.4. The van der Waals surface area contributed by atoms with Crippen molar-refractivity contribution >= 4 is 5.97 Å². The molecule has 0 atom stereocenters. The smallest absolute Gasteiger partial charge is 0.343 e. The summed E-state index contributed by atoms with van der Waals surface area (Å²) >= 11 is 0. The quantitative estimate of drug-likeness (QED) is 0.209. The first-order valence-corrected chi connectivity index (χ1v) is 11.7. The predicted octanol–water partition coefficient (Wildman–Crippen LogP) is 7.03. The van der Waals surface area contributed by atoms with Crippen LogP contribution in [0.4, 0.5) is 0 Å². The van der Waals surface area contributed by atoms with Gasteiger partial charge in [0.2, 0.25) is 0 Å². The Morgan fingerprint density at radius 1 is 0.806 bits per heavy atom. The molecule has 0 amide bonds. The lowest BCUT2D eigenvalue weighted by atomic mass is 9.90. The number of carbonyl (C=O) groups is 1. The highest BCUT2D eigenvalue weighted by molar-refractivity contribution is 5.91. The molecule has 31 heavy (non-hydrogen) atoms. The maximum Gasteiger partial charge on any atom is 0.343 e. The summed E-state index contributed by atoms with van der Waals surface area (Å²) in [5, 5.41) is 0. The molecule has 4 heteroatoms. The van der Waals surface area contributed by atoms with Crippen molar-refractivity contribution in [1.82, 2.24) is 0 Å². The molecular weight excluding hydrogens is 388 g/mol. The zero-order chi connectivity index (χ0) is 21.7. The molecule has 2 aromatic carbocycles. The molecular formula is C27H35O4. The molecule has 1 saturated carbocycles. The summed E-state index contributed by atoms with van der Waals surface area (Å²) in [6.07, 6.45) is 13.2. The molecule has 1 radical (unpaired) electrons. The summed E-state index contributed by atoms with van der Waals surface area (Å²) in [6, 6.07) is 14.4. The van der Waals surface area contributed by atoms with Crippen LogP contribution in [0.3, 0.4) is 0 Å². The van der Waals surface area contributed by atoms with E-state index in [9.17, 15) is 4.79 Å². The number of unbranched alkanes of at least 4 members (excludes halogenated alkanes) is 4. The fourth-order valence-corrected chi connectivity index (χ4v) is 3.73. The maximum absolute atomic E-state index is 12.4. The number of carbonyl (C=O) groups excluding carboxylic acids is 1. The Morgan fingerprint density at radius 3 is 2.13 bits per heavy atom. The zero-order valence-electron chi connectivity index (χ0n) is 18.7. The van der Waals surface area contributed by atoms with E-state index in [2.05, 4.69) is 13.3 Å². The standard InChI is InChI=1S/C27H35O4/c1-2-3-4-5-9-20-29-24-14-12-23(13-15-24)27(28)31-26-18-16-25(17-19-26)30-21-22-10-7-6-8-11-22/h6,12-19,22H,2-5,7-11,20-21H2,1H3. The first-order chi connectivity index (χ1) is 15.2. The lowest BCUT2D eigenvalue weighted by Crippen LogP contribution is -2.15. The number of hydrogen-bond donors (Lipinski definition) is 0. The van der Waals surface area contributed by atoms with Gasteiger partial charge in [-0.15, -0.1) is 0 Å². The number of esters is 1. The fraction of sp³-hybridized carbons (Fsp3) is 0.481. The molecule has 0 unspecified atom stereocenters. The largest absolute Gasteiger partial charge is 0.494 e. The van der Waals surface area contributed by atoms with E-state index in [-0.39, 0.29) is 5.97 Å². The van der Waals surface area contributed by atoms with Crippen LogP contribution in [-0.4, -0.2) is 19.2 Å². The van der Waals surface area contributed by atoms with Gasteiger partial charge in [-0.05, 0) is 93.0 Å². The van der Waals surface area contributed by atoms with Gasteiger partial charge in [0.25, 0.3) is 0 Å². The van der Waals surface area contributed by atoms with Crippen LogP contribution in [0.5, 0.6) is 17.2 Å². The molecule has 0 aliphatic heterocycles. The van der Waals surface area contributed by atoms with Gasteiger partial charge >= 0.3 is 5.97 Å². The van der Waals surface area contributed by atoms with Crippen LogP contribution in [0.1, 0.15) is 75.1 Å². The summed E-state index contributed by atoms with van der Waals surface area (Å²) < 4.78 is 17.1. The molecule has 1 fully saturated rings. The minimum atomic E-state index is -0.377. The van der Waals surface area contributed by atoms with Crippen molar-refractivity contribution in [3.63, 3.8) is 0 Å².